The van der Waals surface area contributed by atoms with Crippen LogP contribution >= 0.6 is 0 Å². The predicted octanol–water partition coefficient (Wildman–Crippen LogP) is 3.08. The van der Waals surface area contributed by atoms with E-state index in [0.717, 1.165) is 44.7 Å². The Morgan fingerprint density at radius 3 is 2.85 bits per heavy atom. The molecule has 3 heteroatoms. The number of benzene rings is 1. The molecule has 0 bridgehead atoms. The van der Waals surface area contributed by atoms with Crippen LogP contribution in [0.4, 0.5) is 4.39 Å². The van der Waals surface area contributed by atoms with Gasteiger partial charge < -0.3 is 10.2 Å². The van der Waals surface area contributed by atoms with E-state index in [9.17, 15) is 4.39 Å². The van der Waals surface area contributed by atoms with Gasteiger partial charge in [0.05, 0.1) is 0 Å². The molecule has 1 aliphatic heterocycles. The second-order valence-corrected chi connectivity index (χ2v) is 6.39. The molecule has 2 nitrogen and oxygen atoms in total. The first kappa shape index (κ1) is 15.5. The molecule has 1 N–H and O–H groups in total. The average Bonchev–Trinajstić information content (AvgIpc) is 2.83. The number of nitrogens with one attached hydrogen (secondary N) is 1. The second kappa shape index (κ2) is 7.19. The van der Waals surface area contributed by atoms with E-state index in [-0.39, 0.29) is 5.82 Å². The second-order valence-electron chi connectivity index (χ2n) is 6.39. The van der Waals surface area contributed by atoms with Crippen LogP contribution in [0.5, 0.6) is 0 Å². The van der Waals surface area contributed by atoms with Crippen molar-refractivity contribution in [3.05, 3.63) is 35.6 Å². The van der Waals surface area contributed by atoms with E-state index in [4.69, 9.17) is 0 Å². The first-order valence-corrected chi connectivity index (χ1v) is 7.79. The Morgan fingerprint density at radius 1 is 1.35 bits per heavy atom. The highest BCUT2D eigenvalue weighted by molar-refractivity contribution is 5.16. The van der Waals surface area contributed by atoms with Gasteiger partial charge in [-0.25, -0.2) is 4.39 Å². The Labute approximate surface area is 122 Å². The molecular formula is C17H27FN2. The zero-order valence-corrected chi connectivity index (χ0v) is 12.8. The van der Waals surface area contributed by atoms with Gasteiger partial charge >= 0.3 is 0 Å². The first-order valence-electron chi connectivity index (χ1n) is 7.79. The van der Waals surface area contributed by atoms with E-state index in [1.165, 1.54) is 18.9 Å². The van der Waals surface area contributed by atoms with Crippen LogP contribution in [0, 0.1) is 11.2 Å². The summed E-state index contributed by atoms with van der Waals surface area (Å²) in [7, 11) is 0. The minimum absolute atomic E-state index is 0.128. The molecule has 1 heterocycles. The van der Waals surface area contributed by atoms with Crippen LogP contribution in [0.15, 0.2) is 24.3 Å². The number of halogens is 1. The van der Waals surface area contributed by atoms with Crippen LogP contribution in [0.25, 0.3) is 0 Å². The van der Waals surface area contributed by atoms with Gasteiger partial charge in [-0.2, -0.15) is 0 Å². The summed E-state index contributed by atoms with van der Waals surface area (Å²) in [5, 5.41) is 3.47. The number of hydrogen-bond donors (Lipinski definition) is 1. The largest absolute Gasteiger partial charge is 0.316 e. The highest BCUT2D eigenvalue weighted by Gasteiger charge is 2.30. The first-order chi connectivity index (χ1) is 9.61. The molecule has 1 unspecified atom stereocenters. The summed E-state index contributed by atoms with van der Waals surface area (Å²) in [6.45, 7) is 10.1. The fraction of sp³-hybridized carbons (Fsp3) is 0.647. The number of nitrogens with zero attached hydrogens (tertiary/aromatic N) is 1. The van der Waals surface area contributed by atoms with E-state index in [1.807, 2.05) is 6.07 Å². The zero-order valence-electron chi connectivity index (χ0n) is 12.8. The van der Waals surface area contributed by atoms with E-state index < -0.39 is 0 Å². The maximum Gasteiger partial charge on any atom is 0.123 e. The molecule has 20 heavy (non-hydrogen) atoms. The Kier molecular flexibility index (Phi) is 5.55. The lowest BCUT2D eigenvalue weighted by molar-refractivity contribution is 0.179. The van der Waals surface area contributed by atoms with Gasteiger partial charge in [-0.15, -0.1) is 0 Å². The molecule has 2 rings (SSSR count). The lowest BCUT2D eigenvalue weighted by Crippen LogP contribution is -2.39. The van der Waals surface area contributed by atoms with Crippen LogP contribution in [-0.4, -0.2) is 37.6 Å². The van der Waals surface area contributed by atoms with Gasteiger partial charge in [0.2, 0.25) is 0 Å². The molecule has 0 saturated carbocycles. The molecule has 0 aliphatic carbocycles. The van der Waals surface area contributed by atoms with Gasteiger partial charge in [-0.1, -0.05) is 26.0 Å². The van der Waals surface area contributed by atoms with Crippen molar-refractivity contribution in [1.29, 1.82) is 0 Å². The van der Waals surface area contributed by atoms with E-state index in [0.29, 0.717) is 5.41 Å². The van der Waals surface area contributed by atoms with Crippen LogP contribution < -0.4 is 5.32 Å². The van der Waals surface area contributed by atoms with Crippen molar-refractivity contribution in [1.82, 2.24) is 10.2 Å². The molecule has 112 valence electrons. The smallest absolute Gasteiger partial charge is 0.123 e. The summed E-state index contributed by atoms with van der Waals surface area (Å²) in [5.41, 5.74) is 1.50. The third-order valence-electron chi connectivity index (χ3n) is 4.21. The number of rotatable bonds is 7. The minimum atomic E-state index is -0.128. The summed E-state index contributed by atoms with van der Waals surface area (Å²) in [5.74, 6) is -0.128. The van der Waals surface area contributed by atoms with Crippen molar-refractivity contribution in [3.63, 3.8) is 0 Å². The summed E-state index contributed by atoms with van der Waals surface area (Å²) in [6.07, 6.45) is 3.36. The van der Waals surface area contributed by atoms with Crippen LogP contribution in [-0.2, 0) is 6.42 Å². The maximum absolute atomic E-state index is 13.2. The summed E-state index contributed by atoms with van der Waals surface area (Å²) in [4.78, 5) is 2.54. The van der Waals surface area contributed by atoms with Crippen molar-refractivity contribution < 1.29 is 4.39 Å². The molecule has 1 aromatic carbocycles. The monoisotopic (exact) mass is 278 g/mol. The topological polar surface area (TPSA) is 15.3 Å². The lowest BCUT2D eigenvalue weighted by atomic mass is 9.89. The van der Waals surface area contributed by atoms with Crippen molar-refractivity contribution in [2.45, 2.75) is 33.1 Å². The molecule has 1 saturated heterocycles. The van der Waals surface area contributed by atoms with E-state index in [1.54, 1.807) is 12.1 Å². The molecular weight excluding hydrogens is 251 g/mol. The van der Waals surface area contributed by atoms with Gasteiger partial charge in [0.15, 0.2) is 0 Å². The van der Waals surface area contributed by atoms with Gasteiger partial charge in [-0.05, 0) is 55.5 Å². The summed E-state index contributed by atoms with van der Waals surface area (Å²) >= 11 is 0. The Hall–Kier alpha value is -0.930. The standard InChI is InChI=1S/C17H27FN2/c1-3-10-20(14-17(2)8-9-19-13-17)11-7-15-5-4-6-16(18)12-15/h4-6,12,19H,3,7-11,13-14H2,1-2H3. The van der Waals surface area contributed by atoms with E-state index in [2.05, 4.69) is 24.1 Å². The van der Waals surface area contributed by atoms with Crippen molar-refractivity contribution in [2.24, 2.45) is 5.41 Å². The minimum Gasteiger partial charge on any atom is -0.316 e. The highest BCUT2D eigenvalue weighted by atomic mass is 19.1. The molecule has 0 aromatic heterocycles. The fourth-order valence-electron chi connectivity index (χ4n) is 3.11. The van der Waals surface area contributed by atoms with Gasteiger partial charge in [0.25, 0.3) is 0 Å². The Morgan fingerprint density at radius 2 is 2.20 bits per heavy atom. The van der Waals surface area contributed by atoms with E-state index >= 15 is 0 Å². The van der Waals surface area contributed by atoms with Crippen LogP contribution in [0.2, 0.25) is 0 Å². The van der Waals surface area contributed by atoms with Gasteiger partial charge in [-0.3, -0.25) is 0 Å². The lowest BCUT2D eigenvalue weighted by Gasteiger charge is -2.32. The molecule has 1 fully saturated rings. The summed E-state index contributed by atoms with van der Waals surface area (Å²) < 4.78 is 13.2. The zero-order chi connectivity index (χ0) is 14.4. The van der Waals surface area contributed by atoms with Crippen molar-refractivity contribution in [3.8, 4) is 0 Å². The van der Waals surface area contributed by atoms with Crippen LogP contribution in [0.3, 0.4) is 0 Å². The van der Waals surface area contributed by atoms with Crippen molar-refractivity contribution >= 4 is 0 Å². The molecule has 1 aromatic rings. The predicted molar refractivity (Wildman–Crippen MR) is 82.4 cm³/mol. The highest BCUT2D eigenvalue weighted by Crippen LogP contribution is 2.25. The maximum atomic E-state index is 13.2. The Balaban J connectivity index is 1.88. The average molecular weight is 278 g/mol. The third-order valence-corrected chi connectivity index (χ3v) is 4.21. The van der Waals surface area contributed by atoms with Gasteiger partial charge in [0, 0.05) is 19.6 Å². The molecule has 0 spiro atoms. The quantitative estimate of drug-likeness (QED) is 0.824. The third kappa shape index (κ3) is 4.57. The SMILES string of the molecule is CCCN(CCc1cccc(F)c1)CC1(C)CCNC1. The fourth-order valence-corrected chi connectivity index (χ4v) is 3.11. The molecule has 0 radical (unpaired) electrons. The van der Waals surface area contributed by atoms with Gasteiger partial charge in [0.1, 0.15) is 5.82 Å². The Bertz CT molecular complexity index is 413. The molecule has 1 aliphatic rings. The molecule has 0 amide bonds. The van der Waals surface area contributed by atoms with Crippen LogP contribution in [0.1, 0.15) is 32.3 Å². The summed E-state index contributed by atoms with van der Waals surface area (Å²) in [6, 6.07) is 6.99. The van der Waals surface area contributed by atoms with Crippen molar-refractivity contribution in [2.75, 3.05) is 32.7 Å². The normalized spacial score (nSPS) is 22.6. The molecule has 1 atom stereocenters. The number of hydrogen-bond acceptors (Lipinski definition) is 2.